The monoisotopic (exact) mass is 159 g/mol. The lowest BCUT2D eigenvalue weighted by Crippen LogP contribution is -2.23. The van der Waals surface area contributed by atoms with Gasteiger partial charge in [-0.25, -0.2) is 4.79 Å². The van der Waals surface area contributed by atoms with Crippen molar-refractivity contribution in [2.45, 2.75) is 32.1 Å². The molecule has 2 N–H and O–H groups in total. The van der Waals surface area contributed by atoms with Crippen LogP contribution in [0.25, 0.3) is 0 Å². The summed E-state index contributed by atoms with van der Waals surface area (Å²) >= 11 is 0. The van der Waals surface area contributed by atoms with Gasteiger partial charge in [-0.3, -0.25) is 5.32 Å². The van der Waals surface area contributed by atoms with E-state index >= 15 is 0 Å². The number of hydrogen-bond acceptors (Lipinski definition) is 3. The van der Waals surface area contributed by atoms with E-state index in [-0.39, 0.29) is 6.23 Å². The Labute approximate surface area is 65.5 Å². The first-order valence-corrected chi connectivity index (χ1v) is 3.85. The average molecular weight is 159 g/mol. The molecular weight excluding hydrogens is 146 g/mol. The second kappa shape index (κ2) is 3.69. The van der Waals surface area contributed by atoms with Crippen LogP contribution in [0.1, 0.15) is 19.8 Å². The summed E-state index contributed by atoms with van der Waals surface area (Å²) < 4.78 is 5.15. The molecule has 4 heteroatoms. The molecule has 0 radical (unpaired) electrons. The number of nitrogens with one attached hydrogen (secondary N) is 1. The normalized spacial score (nSPS) is 30.6. The quantitative estimate of drug-likeness (QED) is 0.617. The largest absolute Gasteiger partial charge is 0.479 e. The van der Waals surface area contributed by atoms with Gasteiger partial charge in [-0.05, 0) is 6.42 Å². The number of carboxylic acid groups (broad SMARTS) is 1. The molecule has 2 atom stereocenters. The van der Waals surface area contributed by atoms with E-state index in [1.807, 2.05) is 6.92 Å². The van der Waals surface area contributed by atoms with Gasteiger partial charge in [-0.2, -0.15) is 0 Å². The van der Waals surface area contributed by atoms with Crippen LogP contribution < -0.4 is 5.32 Å². The second-order valence-corrected chi connectivity index (χ2v) is 2.65. The highest BCUT2D eigenvalue weighted by Crippen LogP contribution is 2.09. The Kier molecular flexibility index (Phi) is 2.84. The first kappa shape index (κ1) is 8.49. The molecule has 11 heavy (non-hydrogen) atoms. The Balaban J connectivity index is 2.29. The van der Waals surface area contributed by atoms with Gasteiger partial charge >= 0.3 is 5.97 Å². The lowest BCUT2D eigenvalue weighted by Gasteiger charge is -2.07. The summed E-state index contributed by atoms with van der Waals surface area (Å²) in [5, 5.41) is 11.5. The molecule has 4 nitrogen and oxygen atoms in total. The van der Waals surface area contributed by atoms with Crippen molar-refractivity contribution in [3.05, 3.63) is 0 Å². The summed E-state index contributed by atoms with van der Waals surface area (Å²) in [6.07, 6.45) is 1.18. The van der Waals surface area contributed by atoms with Gasteiger partial charge in [0.25, 0.3) is 0 Å². The van der Waals surface area contributed by atoms with E-state index < -0.39 is 12.1 Å². The third-order valence-corrected chi connectivity index (χ3v) is 1.69. The molecule has 1 heterocycles. The fourth-order valence-corrected chi connectivity index (χ4v) is 1.11. The van der Waals surface area contributed by atoms with Gasteiger partial charge in [-0.15, -0.1) is 0 Å². The number of aliphatic carboxylic acids is 1. The Morgan fingerprint density at radius 3 is 3.00 bits per heavy atom. The number of carbonyl (C=O) groups is 1. The highest BCUT2D eigenvalue weighted by molar-refractivity contribution is 5.72. The van der Waals surface area contributed by atoms with Crippen LogP contribution >= 0.6 is 0 Å². The van der Waals surface area contributed by atoms with E-state index in [1.54, 1.807) is 0 Å². The summed E-state index contributed by atoms with van der Waals surface area (Å²) in [6, 6.07) is 0. The molecule has 0 aromatic heterocycles. The molecule has 0 bridgehead atoms. The Hall–Kier alpha value is -0.610. The van der Waals surface area contributed by atoms with Crippen LogP contribution in [0.3, 0.4) is 0 Å². The summed E-state index contributed by atoms with van der Waals surface area (Å²) in [5.41, 5.74) is 0. The van der Waals surface area contributed by atoms with Gasteiger partial charge in [0.2, 0.25) is 0 Å². The standard InChI is InChI=1S/C7H13NO3/c1-2-3-6-8-4-5(11-6)7(9)10/h5-6,8H,2-4H2,1H3,(H,9,10). The zero-order chi connectivity index (χ0) is 8.27. The Morgan fingerprint density at radius 1 is 1.82 bits per heavy atom. The summed E-state index contributed by atoms with van der Waals surface area (Å²) in [4.78, 5) is 10.4. The van der Waals surface area contributed by atoms with Gasteiger partial charge in [0, 0.05) is 6.54 Å². The van der Waals surface area contributed by atoms with Crippen molar-refractivity contribution < 1.29 is 14.6 Å². The number of carboxylic acids is 1. The van der Waals surface area contributed by atoms with Gasteiger partial charge < -0.3 is 9.84 Å². The number of hydrogen-bond donors (Lipinski definition) is 2. The fourth-order valence-electron chi connectivity index (χ4n) is 1.11. The Morgan fingerprint density at radius 2 is 2.55 bits per heavy atom. The molecule has 1 fully saturated rings. The molecule has 1 saturated heterocycles. The van der Waals surface area contributed by atoms with Crippen LogP contribution in [0.4, 0.5) is 0 Å². The first-order valence-electron chi connectivity index (χ1n) is 3.85. The van der Waals surface area contributed by atoms with E-state index in [1.165, 1.54) is 0 Å². The Bertz CT molecular complexity index is 149. The van der Waals surface area contributed by atoms with E-state index in [4.69, 9.17) is 9.84 Å². The van der Waals surface area contributed by atoms with Crippen LogP contribution in [0.2, 0.25) is 0 Å². The van der Waals surface area contributed by atoms with Crippen LogP contribution in [0.5, 0.6) is 0 Å². The molecule has 0 spiro atoms. The molecule has 2 unspecified atom stereocenters. The maximum Gasteiger partial charge on any atom is 0.334 e. The van der Waals surface area contributed by atoms with Crippen LogP contribution in [0.15, 0.2) is 0 Å². The lowest BCUT2D eigenvalue weighted by molar-refractivity contribution is -0.148. The minimum Gasteiger partial charge on any atom is -0.479 e. The van der Waals surface area contributed by atoms with Crippen LogP contribution in [0, 0.1) is 0 Å². The summed E-state index contributed by atoms with van der Waals surface area (Å²) in [7, 11) is 0. The topological polar surface area (TPSA) is 58.6 Å². The fraction of sp³-hybridized carbons (Fsp3) is 0.857. The predicted molar refractivity (Wildman–Crippen MR) is 39.2 cm³/mol. The van der Waals surface area contributed by atoms with Crippen molar-refractivity contribution in [3.8, 4) is 0 Å². The number of ether oxygens (including phenoxy) is 1. The molecule has 0 saturated carbocycles. The van der Waals surface area contributed by atoms with Crippen molar-refractivity contribution in [1.29, 1.82) is 0 Å². The van der Waals surface area contributed by atoms with Crippen molar-refractivity contribution in [3.63, 3.8) is 0 Å². The van der Waals surface area contributed by atoms with Gasteiger partial charge in [0.05, 0.1) is 0 Å². The molecule has 0 aromatic carbocycles. The van der Waals surface area contributed by atoms with Crippen molar-refractivity contribution >= 4 is 5.97 Å². The summed E-state index contributed by atoms with van der Waals surface area (Å²) in [5.74, 6) is -0.879. The molecule has 0 amide bonds. The van der Waals surface area contributed by atoms with E-state index in [2.05, 4.69) is 5.32 Å². The van der Waals surface area contributed by atoms with E-state index in [0.717, 1.165) is 12.8 Å². The first-order chi connectivity index (χ1) is 5.24. The van der Waals surface area contributed by atoms with Crippen LogP contribution in [-0.4, -0.2) is 30.0 Å². The smallest absolute Gasteiger partial charge is 0.334 e. The van der Waals surface area contributed by atoms with E-state index in [0.29, 0.717) is 6.54 Å². The minimum atomic E-state index is -0.879. The van der Waals surface area contributed by atoms with Crippen molar-refractivity contribution in [1.82, 2.24) is 5.32 Å². The van der Waals surface area contributed by atoms with Crippen molar-refractivity contribution in [2.24, 2.45) is 0 Å². The third kappa shape index (κ3) is 2.17. The molecular formula is C7H13NO3. The van der Waals surface area contributed by atoms with E-state index in [9.17, 15) is 4.79 Å². The maximum atomic E-state index is 10.4. The zero-order valence-electron chi connectivity index (χ0n) is 6.54. The lowest BCUT2D eigenvalue weighted by atomic mass is 10.3. The summed E-state index contributed by atoms with van der Waals surface area (Å²) in [6.45, 7) is 2.47. The van der Waals surface area contributed by atoms with Gasteiger partial charge in [-0.1, -0.05) is 13.3 Å². The number of rotatable bonds is 3. The molecule has 1 rings (SSSR count). The zero-order valence-corrected chi connectivity index (χ0v) is 6.54. The van der Waals surface area contributed by atoms with Gasteiger partial charge in [0.15, 0.2) is 6.10 Å². The third-order valence-electron chi connectivity index (χ3n) is 1.69. The molecule has 0 aliphatic carbocycles. The SMILES string of the molecule is CCCC1NCC(C(=O)O)O1. The average Bonchev–Trinajstić information content (AvgIpc) is 2.37. The highest BCUT2D eigenvalue weighted by atomic mass is 16.5. The minimum absolute atomic E-state index is 0.0545. The maximum absolute atomic E-state index is 10.4. The molecule has 1 aliphatic rings. The van der Waals surface area contributed by atoms with Crippen LogP contribution in [-0.2, 0) is 9.53 Å². The second-order valence-electron chi connectivity index (χ2n) is 2.65. The molecule has 64 valence electrons. The molecule has 0 aromatic rings. The van der Waals surface area contributed by atoms with Gasteiger partial charge in [0.1, 0.15) is 6.23 Å². The van der Waals surface area contributed by atoms with Crippen molar-refractivity contribution in [2.75, 3.05) is 6.54 Å². The highest BCUT2D eigenvalue weighted by Gasteiger charge is 2.28. The predicted octanol–water partition coefficient (Wildman–Crippen LogP) is 0.186. The molecule has 1 aliphatic heterocycles.